The van der Waals surface area contributed by atoms with Crippen LogP contribution in [-0.4, -0.2) is 75.5 Å². The first kappa shape index (κ1) is 18.8. The van der Waals surface area contributed by atoms with Crippen LogP contribution >= 0.6 is 0 Å². The molecule has 0 aliphatic heterocycles. The Hall–Kier alpha value is -1.18. The van der Waals surface area contributed by atoms with Crippen molar-refractivity contribution in [2.24, 2.45) is 0 Å². The predicted octanol–water partition coefficient (Wildman–Crippen LogP) is -0.0477. The third-order valence-electron chi connectivity index (χ3n) is 2.41. The third kappa shape index (κ3) is 14.9. The van der Waals surface area contributed by atoms with Crippen LogP contribution < -0.4 is 5.32 Å². The van der Waals surface area contributed by atoms with Crippen molar-refractivity contribution in [3.63, 3.8) is 0 Å². The lowest BCUT2D eigenvalue weighted by atomic mass is 10.3. The number of carbonyl (C=O) groups is 2. The highest BCUT2D eigenvalue weighted by molar-refractivity contribution is 5.80. The summed E-state index contributed by atoms with van der Waals surface area (Å²) in [5.41, 5.74) is 0. The Labute approximate surface area is 120 Å². The van der Waals surface area contributed by atoms with Gasteiger partial charge >= 0.3 is 5.97 Å². The van der Waals surface area contributed by atoms with Gasteiger partial charge in [0.1, 0.15) is 0 Å². The first-order valence-electron chi connectivity index (χ1n) is 6.81. The van der Waals surface area contributed by atoms with Gasteiger partial charge < -0.3 is 24.8 Å². The van der Waals surface area contributed by atoms with E-state index in [1.54, 1.807) is 0 Å². The van der Waals surface area contributed by atoms with Gasteiger partial charge in [-0.2, -0.15) is 0 Å². The summed E-state index contributed by atoms with van der Waals surface area (Å²) in [4.78, 5) is 23.5. The highest BCUT2D eigenvalue weighted by Crippen LogP contribution is 1.89. The molecule has 0 aliphatic rings. The maximum Gasteiger partial charge on any atom is 0.303 e. The second-order valence-corrected chi connectivity index (χ2v) is 4.63. The molecule has 0 fully saturated rings. The molecule has 0 saturated carbocycles. The fraction of sp³-hybridized carbons (Fsp3) is 0.846. The molecule has 0 atom stereocenters. The number of ether oxygens (including phenoxy) is 2. The van der Waals surface area contributed by atoms with E-state index in [0.717, 1.165) is 6.54 Å². The average molecular weight is 290 g/mol. The molecule has 0 saturated heterocycles. The molecule has 0 bridgehead atoms. The smallest absolute Gasteiger partial charge is 0.303 e. The van der Waals surface area contributed by atoms with Crippen molar-refractivity contribution in [2.45, 2.75) is 19.3 Å². The van der Waals surface area contributed by atoms with E-state index >= 15 is 0 Å². The van der Waals surface area contributed by atoms with Crippen LogP contribution in [0.1, 0.15) is 19.3 Å². The molecule has 0 spiro atoms. The molecule has 0 radical (unpaired) electrons. The molecule has 0 aromatic carbocycles. The number of nitrogens with one attached hydrogen (secondary N) is 1. The zero-order valence-corrected chi connectivity index (χ0v) is 12.4. The van der Waals surface area contributed by atoms with Crippen LogP contribution in [0, 0.1) is 0 Å². The van der Waals surface area contributed by atoms with Gasteiger partial charge in [0.05, 0.1) is 26.2 Å². The first-order chi connectivity index (χ1) is 9.52. The van der Waals surface area contributed by atoms with Crippen molar-refractivity contribution < 1.29 is 24.2 Å². The highest BCUT2D eigenvalue weighted by Gasteiger charge is 2.03. The van der Waals surface area contributed by atoms with Crippen molar-refractivity contribution in [1.29, 1.82) is 0 Å². The van der Waals surface area contributed by atoms with E-state index < -0.39 is 5.97 Å². The predicted molar refractivity (Wildman–Crippen MR) is 74.7 cm³/mol. The van der Waals surface area contributed by atoms with Crippen molar-refractivity contribution in [1.82, 2.24) is 10.2 Å². The third-order valence-corrected chi connectivity index (χ3v) is 2.41. The van der Waals surface area contributed by atoms with E-state index in [-0.39, 0.29) is 18.7 Å². The van der Waals surface area contributed by atoms with E-state index in [9.17, 15) is 9.59 Å². The SMILES string of the molecule is CN(C)CCOCCOCCCNC(=O)CCC(=O)O. The molecule has 7 nitrogen and oxygen atoms in total. The quantitative estimate of drug-likeness (QED) is 0.463. The van der Waals surface area contributed by atoms with Gasteiger partial charge in [-0.1, -0.05) is 0 Å². The van der Waals surface area contributed by atoms with Gasteiger partial charge in [-0.3, -0.25) is 9.59 Å². The van der Waals surface area contributed by atoms with Gasteiger partial charge in [0.15, 0.2) is 0 Å². The van der Waals surface area contributed by atoms with Gasteiger partial charge in [-0.15, -0.1) is 0 Å². The lowest BCUT2D eigenvalue weighted by Crippen LogP contribution is -2.25. The summed E-state index contributed by atoms with van der Waals surface area (Å²) in [6.07, 6.45) is 0.596. The minimum absolute atomic E-state index is 0.0237. The standard InChI is InChI=1S/C13H26N2O5/c1-15(2)7-9-20-11-10-19-8-3-6-14-12(16)4-5-13(17)18/h3-11H2,1-2H3,(H,14,16)(H,17,18). The molecule has 0 aliphatic carbocycles. The summed E-state index contributed by atoms with van der Waals surface area (Å²) in [5.74, 6) is -1.20. The van der Waals surface area contributed by atoms with Crippen LogP contribution in [0.2, 0.25) is 0 Å². The molecule has 0 unspecified atom stereocenters. The highest BCUT2D eigenvalue weighted by atomic mass is 16.5. The van der Waals surface area contributed by atoms with Gasteiger partial charge in [-0.25, -0.2) is 0 Å². The Morgan fingerprint density at radius 2 is 1.70 bits per heavy atom. The van der Waals surface area contributed by atoms with E-state index in [1.807, 2.05) is 19.0 Å². The molecule has 0 rings (SSSR count). The van der Waals surface area contributed by atoms with Crippen LogP contribution in [0.5, 0.6) is 0 Å². The minimum atomic E-state index is -0.960. The van der Waals surface area contributed by atoms with Crippen LogP contribution in [0.15, 0.2) is 0 Å². The maximum atomic E-state index is 11.2. The Balaban J connectivity index is 3.16. The number of aliphatic carboxylic acids is 1. The summed E-state index contributed by atoms with van der Waals surface area (Å²) in [5, 5.41) is 11.1. The molecule has 0 aromatic rings. The largest absolute Gasteiger partial charge is 0.481 e. The van der Waals surface area contributed by atoms with Crippen molar-refractivity contribution >= 4 is 11.9 Å². The van der Waals surface area contributed by atoms with Gasteiger partial charge in [0, 0.05) is 26.1 Å². The van der Waals surface area contributed by atoms with Crippen LogP contribution in [-0.2, 0) is 19.1 Å². The lowest BCUT2D eigenvalue weighted by molar-refractivity contribution is -0.138. The fourth-order valence-corrected chi connectivity index (χ4v) is 1.28. The molecule has 0 heterocycles. The molecule has 1 amide bonds. The van der Waals surface area contributed by atoms with Gasteiger partial charge in [-0.05, 0) is 20.5 Å². The molecular weight excluding hydrogens is 264 g/mol. The fourth-order valence-electron chi connectivity index (χ4n) is 1.28. The summed E-state index contributed by atoms with van der Waals surface area (Å²) in [7, 11) is 3.98. The summed E-state index contributed by atoms with van der Waals surface area (Å²) < 4.78 is 10.7. The van der Waals surface area contributed by atoms with E-state index in [0.29, 0.717) is 39.4 Å². The number of carboxylic acids is 1. The van der Waals surface area contributed by atoms with Crippen molar-refractivity contribution in [3.05, 3.63) is 0 Å². The first-order valence-corrected chi connectivity index (χ1v) is 6.81. The summed E-state index contributed by atoms with van der Waals surface area (Å²) in [6.45, 7) is 3.74. The van der Waals surface area contributed by atoms with Crippen LogP contribution in [0.4, 0.5) is 0 Å². The molecule has 0 aromatic heterocycles. The summed E-state index contributed by atoms with van der Waals surface area (Å²) in [6, 6.07) is 0. The number of rotatable bonds is 13. The normalized spacial score (nSPS) is 10.8. The number of nitrogens with zero attached hydrogens (tertiary/aromatic N) is 1. The molecule has 20 heavy (non-hydrogen) atoms. The average Bonchev–Trinajstić information content (AvgIpc) is 2.38. The second-order valence-electron chi connectivity index (χ2n) is 4.63. The van der Waals surface area contributed by atoms with E-state index in [4.69, 9.17) is 14.6 Å². The molecule has 2 N–H and O–H groups in total. The zero-order valence-electron chi connectivity index (χ0n) is 12.4. The Bertz CT molecular complexity index is 271. The number of likely N-dealkylation sites (N-methyl/N-ethyl adjacent to an activating group) is 1. The monoisotopic (exact) mass is 290 g/mol. The number of carboxylic acid groups (broad SMARTS) is 1. The molecular formula is C13H26N2O5. The number of hydrogen-bond donors (Lipinski definition) is 2. The Kier molecular flexibility index (Phi) is 12.1. The van der Waals surface area contributed by atoms with E-state index in [2.05, 4.69) is 5.32 Å². The Morgan fingerprint density at radius 1 is 1.05 bits per heavy atom. The second kappa shape index (κ2) is 12.8. The minimum Gasteiger partial charge on any atom is -0.481 e. The lowest BCUT2D eigenvalue weighted by Gasteiger charge is -2.10. The maximum absolute atomic E-state index is 11.2. The molecule has 7 heteroatoms. The topological polar surface area (TPSA) is 88.1 Å². The van der Waals surface area contributed by atoms with Crippen molar-refractivity contribution in [2.75, 3.05) is 53.6 Å². The number of carbonyl (C=O) groups excluding carboxylic acids is 1. The number of amides is 1. The van der Waals surface area contributed by atoms with Crippen LogP contribution in [0.3, 0.4) is 0 Å². The summed E-state index contributed by atoms with van der Waals surface area (Å²) >= 11 is 0. The van der Waals surface area contributed by atoms with Crippen molar-refractivity contribution in [3.8, 4) is 0 Å². The van der Waals surface area contributed by atoms with Gasteiger partial charge in [0.25, 0.3) is 0 Å². The Morgan fingerprint density at radius 3 is 2.30 bits per heavy atom. The van der Waals surface area contributed by atoms with Gasteiger partial charge in [0.2, 0.25) is 5.91 Å². The molecule has 118 valence electrons. The zero-order chi connectivity index (χ0) is 15.2. The van der Waals surface area contributed by atoms with Crippen LogP contribution in [0.25, 0.3) is 0 Å². The van der Waals surface area contributed by atoms with E-state index in [1.165, 1.54) is 0 Å². The number of hydrogen-bond acceptors (Lipinski definition) is 5.